The third kappa shape index (κ3) is 3.36. The van der Waals surface area contributed by atoms with Crippen molar-refractivity contribution in [3.63, 3.8) is 0 Å². The van der Waals surface area contributed by atoms with Crippen molar-refractivity contribution >= 4 is 34.1 Å². The van der Waals surface area contributed by atoms with Crippen molar-refractivity contribution in [1.29, 1.82) is 0 Å². The van der Waals surface area contributed by atoms with Crippen LogP contribution in [0.15, 0.2) is 18.6 Å². The Balaban J connectivity index is 1.95. The number of nitrogens with zero attached hydrogens (tertiary/aromatic N) is 3. The zero-order valence-corrected chi connectivity index (χ0v) is 14.6. The molecule has 0 saturated heterocycles. The SMILES string of the molecule is COC(=O)c1c(NC(=O)c2cnccn2)sc2c1CCN(C(C)=O)C2. The van der Waals surface area contributed by atoms with Crippen LogP contribution in [0.3, 0.4) is 0 Å². The number of aromatic nitrogens is 2. The second-order valence-corrected chi connectivity index (χ2v) is 6.54. The highest BCUT2D eigenvalue weighted by molar-refractivity contribution is 7.17. The molecule has 130 valence electrons. The average Bonchev–Trinajstić information content (AvgIpc) is 2.98. The summed E-state index contributed by atoms with van der Waals surface area (Å²) < 4.78 is 4.87. The number of hydrogen-bond acceptors (Lipinski definition) is 7. The van der Waals surface area contributed by atoms with Crippen LogP contribution < -0.4 is 5.32 Å². The molecule has 1 N–H and O–H groups in total. The molecule has 3 rings (SSSR count). The van der Waals surface area contributed by atoms with Gasteiger partial charge in [-0.1, -0.05) is 0 Å². The normalized spacial score (nSPS) is 13.1. The number of carbonyl (C=O) groups excluding carboxylic acids is 3. The van der Waals surface area contributed by atoms with Gasteiger partial charge in [0.1, 0.15) is 10.7 Å². The zero-order chi connectivity index (χ0) is 18.0. The highest BCUT2D eigenvalue weighted by Crippen LogP contribution is 2.37. The third-order valence-corrected chi connectivity index (χ3v) is 5.05. The fourth-order valence-corrected chi connectivity index (χ4v) is 3.91. The minimum absolute atomic E-state index is 0.0242. The summed E-state index contributed by atoms with van der Waals surface area (Å²) in [6.45, 7) is 2.46. The van der Waals surface area contributed by atoms with Crippen molar-refractivity contribution in [2.45, 2.75) is 19.9 Å². The van der Waals surface area contributed by atoms with Crippen LogP contribution in [0.1, 0.15) is 38.2 Å². The van der Waals surface area contributed by atoms with Crippen molar-refractivity contribution in [1.82, 2.24) is 14.9 Å². The van der Waals surface area contributed by atoms with E-state index in [-0.39, 0.29) is 11.6 Å². The molecule has 0 unspecified atom stereocenters. The molecule has 0 saturated carbocycles. The topological polar surface area (TPSA) is 101 Å². The van der Waals surface area contributed by atoms with Gasteiger partial charge >= 0.3 is 5.97 Å². The van der Waals surface area contributed by atoms with Gasteiger partial charge in [0.25, 0.3) is 5.91 Å². The molecule has 3 heterocycles. The lowest BCUT2D eigenvalue weighted by Crippen LogP contribution is -2.33. The molecule has 8 nitrogen and oxygen atoms in total. The maximum absolute atomic E-state index is 12.3. The fraction of sp³-hybridized carbons (Fsp3) is 0.312. The highest BCUT2D eigenvalue weighted by Gasteiger charge is 2.30. The number of carbonyl (C=O) groups is 3. The van der Waals surface area contributed by atoms with E-state index in [1.165, 1.54) is 44.0 Å². The Labute approximate surface area is 147 Å². The van der Waals surface area contributed by atoms with Gasteiger partial charge in [0.2, 0.25) is 5.91 Å². The smallest absolute Gasteiger partial charge is 0.341 e. The Bertz CT molecular complexity index is 834. The average molecular weight is 360 g/mol. The molecule has 2 aromatic heterocycles. The van der Waals surface area contributed by atoms with Gasteiger partial charge in [-0.3, -0.25) is 14.6 Å². The van der Waals surface area contributed by atoms with Gasteiger partial charge in [0.15, 0.2) is 0 Å². The Morgan fingerprint density at radius 1 is 1.32 bits per heavy atom. The minimum atomic E-state index is -0.511. The number of amides is 2. The summed E-state index contributed by atoms with van der Waals surface area (Å²) in [7, 11) is 1.30. The summed E-state index contributed by atoms with van der Waals surface area (Å²) in [6, 6.07) is 0. The number of ether oxygens (including phenoxy) is 1. The molecule has 0 aromatic carbocycles. The second kappa shape index (κ2) is 6.98. The Kier molecular flexibility index (Phi) is 4.75. The number of fused-ring (bicyclic) bond motifs is 1. The summed E-state index contributed by atoms with van der Waals surface area (Å²) in [5.41, 5.74) is 1.32. The number of anilines is 1. The molecule has 25 heavy (non-hydrogen) atoms. The van der Waals surface area contributed by atoms with Crippen molar-refractivity contribution < 1.29 is 19.1 Å². The summed E-state index contributed by atoms with van der Waals surface area (Å²) in [5.74, 6) is -0.993. The largest absolute Gasteiger partial charge is 0.465 e. The number of hydrogen-bond donors (Lipinski definition) is 1. The van der Waals surface area contributed by atoms with Gasteiger partial charge in [0.05, 0.1) is 25.4 Å². The summed E-state index contributed by atoms with van der Waals surface area (Å²) in [4.78, 5) is 46.6. The van der Waals surface area contributed by atoms with Crippen LogP contribution in [0, 0.1) is 0 Å². The lowest BCUT2D eigenvalue weighted by molar-refractivity contribution is -0.129. The predicted molar refractivity (Wildman–Crippen MR) is 90.4 cm³/mol. The minimum Gasteiger partial charge on any atom is -0.465 e. The van der Waals surface area contributed by atoms with Crippen LogP contribution >= 0.6 is 11.3 Å². The molecule has 0 atom stereocenters. The first-order valence-electron chi connectivity index (χ1n) is 7.57. The van der Waals surface area contributed by atoms with Gasteiger partial charge in [-0.15, -0.1) is 11.3 Å². The molecular formula is C16H16N4O4S. The van der Waals surface area contributed by atoms with Crippen LogP contribution in [0.2, 0.25) is 0 Å². The molecule has 0 fully saturated rings. The van der Waals surface area contributed by atoms with Crippen molar-refractivity contribution in [3.8, 4) is 0 Å². The first kappa shape index (κ1) is 17.0. The van der Waals surface area contributed by atoms with E-state index in [0.29, 0.717) is 30.1 Å². The number of thiophene rings is 1. The van der Waals surface area contributed by atoms with Crippen molar-refractivity contribution in [2.24, 2.45) is 0 Å². The first-order valence-corrected chi connectivity index (χ1v) is 8.38. The van der Waals surface area contributed by atoms with Crippen LogP contribution in [0.25, 0.3) is 0 Å². The molecule has 0 radical (unpaired) electrons. The Morgan fingerprint density at radius 2 is 2.12 bits per heavy atom. The third-order valence-electron chi connectivity index (χ3n) is 3.91. The van der Waals surface area contributed by atoms with Gasteiger partial charge in [0, 0.05) is 30.7 Å². The molecule has 9 heteroatoms. The van der Waals surface area contributed by atoms with E-state index < -0.39 is 11.9 Å². The van der Waals surface area contributed by atoms with Crippen LogP contribution in [0.4, 0.5) is 5.00 Å². The zero-order valence-electron chi connectivity index (χ0n) is 13.7. The lowest BCUT2D eigenvalue weighted by atomic mass is 10.0. The van der Waals surface area contributed by atoms with E-state index >= 15 is 0 Å². The summed E-state index contributed by atoms with van der Waals surface area (Å²) in [6.07, 6.45) is 4.77. The Hall–Kier alpha value is -2.81. The molecule has 2 aromatic rings. The lowest BCUT2D eigenvalue weighted by Gasteiger charge is -2.25. The van der Waals surface area contributed by atoms with E-state index in [2.05, 4.69) is 15.3 Å². The van der Waals surface area contributed by atoms with Crippen molar-refractivity contribution in [3.05, 3.63) is 40.3 Å². The number of nitrogens with one attached hydrogen (secondary N) is 1. The van der Waals surface area contributed by atoms with E-state index in [9.17, 15) is 14.4 Å². The van der Waals surface area contributed by atoms with Crippen LogP contribution in [-0.4, -0.2) is 46.3 Å². The standard InChI is InChI=1S/C16H16N4O4S/c1-9(21)20-6-3-10-12(8-20)25-15(13(10)16(23)24-2)19-14(22)11-7-17-4-5-18-11/h4-5,7H,3,6,8H2,1-2H3,(H,19,22). The molecule has 1 aliphatic rings. The van der Waals surface area contributed by atoms with Gasteiger partial charge in [-0.05, 0) is 12.0 Å². The van der Waals surface area contributed by atoms with E-state index in [1.54, 1.807) is 4.90 Å². The first-order chi connectivity index (χ1) is 12.0. The Morgan fingerprint density at radius 3 is 2.76 bits per heavy atom. The van der Waals surface area contributed by atoms with Gasteiger partial charge in [-0.2, -0.15) is 0 Å². The highest BCUT2D eigenvalue weighted by atomic mass is 32.1. The number of methoxy groups -OCH3 is 1. The molecular weight excluding hydrogens is 344 g/mol. The van der Waals surface area contributed by atoms with E-state index in [4.69, 9.17) is 4.74 Å². The summed E-state index contributed by atoms with van der Waals surface area (Å²) >= 11 is 1.27. The number of rotatable bonds is 3. The molecule has 2 amide bonds. The monoisotopic (exact) mass is 360 g/mol. The molecule has 0 spiro atoms. The van der Waals surface area contributed by atoms with Crippen LogP contribution in [-0.2, 0) is 22.5 Å². The predicted octanol–water partition coefficient (Wildman–Crippen LogP) is 1.48. The maximum Gasteiger partial charge on any atom is 0.341 e. The van der Waals surface area contributed by atoms with Crippen LogP contribution in [0.5, 0.6) is 0 Å². The second-order valence-electron chi connectivity index (χ2n) is 5.43. The van der Waals surface area contributed by atoms with Crippen molar-refractivity contribution in [2.75, 3.05) is 19.0 Å². The maximum atomic E-state index is 12.3. The molecule has 1 aliphatic heterocycles. The quantitative estimate of drug-likeness (QED) is 0.832. The molecule has 0 bridgehead atoms. The fourth-order valence-electron chi connectivity index (χ4n) is 2.66. The van der Waals surface area contributed by atoms with Gasteiger partial charge in [-0.25, -0.2) is 9.78 Å². The van der Waals surface area contributed by atoms with Gasteiger partial charge < -0.3 is 15.0 Å². The summed E-state index contributed by atoms with van der Waals surface area (Å²) in [5, 5.41) is 3.12. The number of esters is 1. The van der Waals surface area contributed by atoms with E-state index in [0.717, 1.165) is 10.4 Å². The van der Waals surface area contributed by atoms with E-state index in [1.807, 2.05) is 0 Å². The molecule has 0 aliphatic carbocycles.